The summed E-state index contributed by atoms with van der Waals surface area (Å²) in [6.45, 7) is 2.19. The van der Waals surface area contributed by atoms with E-state index in [0.717, 1.165) is 10.4 Å². The topological polar surface area (TPSA) is 40.6 Å². The molecule has 4 nitrogen and oxygen atoms in total. The summed E-state index contributed by atoms with van der Waals surface area (Å²) in [6, 6.07) is 8.84. The summed E-state index contributed by atoms with van der Waals surface area (Å²) < 4.78 is 0. The van der Waals surface area contributed by atoms with Crippen LogP contribution in [0.5, 0.6) is 0 Å². The van der Waals surface area contributed by atoms with Crippen LogP contribution < -0.4 is 0 Å². The van der Waals surface area contributed by atoms with Crippen LogP contribution in [0.3, 0.4) is 0 Å². The van der Waals surface area contributed by atoms with Gasteiger partial charge in [-0.1, -0.05) is 35.3 Å². The van der Waals surface area contributed by atoms with E-state index in [1.54, 1.807) is 28.0 Å². The highest BCUT2D eigenvalue weighted by Crippen LogP contribution is 2.22. The zero-order valence-electron chi connectivity index (χ0n) is 12.9. The summed E-state index contributed by atoms with van der Waals surface area (Å²) in [7, 11) is 0. The van der Waals surface area contributed by atoms with Gasteiger partial charge in [0.05, 0.1) is 11.3 Å². The number of nitrogens with zero attached hydrogens (tertiary/aromatic N) is 2. The van der Waals surface area contributed by atoms with E-state index in [1.807, 2.05) is 17.5 Å². The molecule has 3 rings (SSSR count). The van der Waals surface area contributed by atoms with Gasteiger partial charge in [0.15, 0.2) is 0 Å². The van der Waals surface area contributed by atoms with Crippen LogP contribution in [-0.2, 0) is 11.2 Å². The molecule has 2 aromatic rings. The Morgan fingerprint density at radius 2 is 1.75 bits per heavy atom. The molecule has 1 aromatic carbocycles. The molecule has 0 saturated carbocycles. The van der Waals surface area contributed by atoms with Gasteiger partial charge < -0.3 is 9.80 Å². The van der Waals surface area contributed by atoms with E-state index in [4.69, 9.17) is 23.2 Å². The number of rotatable bonds is 3. The summed E-state index contributed by atoms with van der Waals surface area (Å²) in [4.78, 5) is 29.1. The lowest BCUT2D eigenvalue weighted by molar-refractivity contribution is -0.131. The molecule has 7 heteroatoms. The van der Waals surface area contributed by atoms with Gasteiger partial charge in [-0.3, -0.25) is 9.59 Å². The Hall–Kier alpha value is -1.56. The lowest BCUT2D eigenvalue weighted by atomic mass is 10.1. The van der Waals surface area contributed by atoms with Crippen LogP contribution in [0, 0.1) is 0 Å². The highest BCUT2D eigenvalue weighted by atomic mass is 35.5. The van der Waals surface area contributed by atoms with Gasteiger partial charge in [0.2, 0.25) is 5.91 Å². The van der Waals surface area contributed by atoms with E-state index in [9.17, 15) is 9.59 Å². The number of thiophene rings is 1. The zero-order chi connectivity index (χ0) is 17.1. The molecule has 0 spiro atoms. The maximum Gasteiger partial charge on any atom is 0.264 e. The first-order valence-corrected chi connectivity index (χ1v) is 9.22. The van der Waals surface area contributed by atoms with Crippen LogP contribution in [0.25, 0.3) is 0 Å². The summed E-state index contributed by atoms with van der Waals surface area (Å²) in [6.07, 6.45) is 0.245. The Labute approximate surface area is 154 Å². The number of hydrogen-bond acceptors (Lipinski definition) is 3. The van der Waals surface area contributed by atoms with E-state index in [-0.39, 0.29) is 18.2 Å². The Balaban J connectivity index is 1.56. The van der Waals surface area contributed by atoms with Crippen LogP contribution in [0.4, 0.5) is 0 Å². The van der Waals surface area contributed by atoms with Crippen LogP contribution in [0.15, 0.2) is 35.7 Å². The second-order valence-corrected chi connectivity index (χ2v) is 7.35. The molecule has 24 heavy (non-hydrogen) atoms. The van der Waals surface area contributed by atoms with Crippen LogP contribution >= 0.6 is 34.5 Å². The van der Waals surface area contributed by atoms with Crippen LogP contribution in [-0.4, -0.2) is 47.8 Å². The lowest BCUT2D eigenvalue weighted by Gasteiger charge is -2.34. The van der Waals surface area contributed by atoms with Crippen molar-refractivity contribution in [2.75, 3.05) is 26.2 Å². The maximum atomic E-state index is 12.4. The van der Waals surface area contributed by atoms with Gasteiger partial charge in [-0.2, -0.15) is 0 Å². The second-order valence-electron chi connectivity index (χ2n) is 5.56. The van der Waals surface area contributed by atoms with Crippen molar-refractivity contribution in [1.82, 2.24) is 9.80 Å². The molecule has 1 aliphatic rings. The summed E-state index contributed by atoms with van der Waals surface area (Å²) in [5.41, 5.74) is 0.767. The number of benzene rings is 1. The third kappa shape index (κ3) is 3.91. The zero-order valence-corrected chi connectivity index (χ0v) is 15.2. The summed E-state index contributed by atoms with van der Waals surface area (Å²) in [5, 5.41) is 2.95. The van der Waals surface area contributed by atoms with Crippen molar-refractivity contribution < 1.29 is 9.59 Å². The third-order valence-corrected chi connectivity index (χ3v) is 5.45. The molecule has 126 valence electrons. The minimum absolute atomic E-state index is 0.0162. The molecule has 1 aliphatic heterocycles. The Kier molecular flexibility index (Phi) is 5.43. The standard InChI is InChI=1S/C17H16Cl2N2O2S/c18-13-4-3-12(14(19)11-13)10-16(22)20-5-7-21(8-6-20)17(23)15-2-1-9-24-15/h1-4,9,11H,5-8,10H2. The predicted octanol–water partition coefficient (Wildman–Crippen LogP) is 3.58. The lowest BCUT2D eigenvalue weighted by Crippen LogP contribution is -2.50. The van der Waals surface area contributed by atoms with Gasteiger partial charge in [-0.15, -0.1) is 11.3 Å². The van der Waals surface area contributed by atoms with Gasteiger partial charge in [0.1, 0.15) is 0 Å². The first-order chi connectivity index (χ1) is 11.5. The number of halogens is 2. The quantitative estimate of drug-likeness (QED) is 0.813. The number of carbonyl (C=O) groups is 2. The van der Waals surface area contributed by atoms with Crippen molar-refractivity contribution in [3.63, 3.8) is 0 Å². The van der Waals surface area contributed by atoms with Crippen molar-refractivity contribution in [3.05, 3.63) is 56.2 Å². The molecular formula is C17H16Cl2N2O2S. The number of carbonyl (C=O) groups excluding carboxylic acids is 2. The van der Waals surface area contributed by atoms with Gasteiger partial charge >= 0.3 is 0 Å². The number of piperazine rings is 1. The average Bonchev–Trinajstić information content (AvgIpc) is 3.11. The highest BCUT2D eigenvalue weighted by Gasteiger charge is 2.25. The SMILES string of the molecule is O=C(Cc1ccc(Cl)cc1Cl)N1CCN(C(=O)c2cccs2)CC1. The Morgan fingerprint density at radius 1 is 1.04 bits per heavy atom. The molecule has 0 N–H and O–H groups in total. The normalized spacial score (nSPS) is 14.8. The summed E-state index contributed by atoms with van der Waals surface area (Å²) in [5.74, 6) is 0.0558. The fraction of sp³-hybridized carbons (Fsp3) is 0.294. The minimum Gasteiger partial charge on any atom is -0.339 e. The maximum absolute atomic E-state index is 12.4. The van der Waals surface area contributed by atoms with Crippen molar-refractivity contribution >= 4 is 46.4 Å². The average molecular weight is 383 g/mol. The minimum atomic E-state index is 0.0162. The van der Waals surface area contributed by atoms with E-state index in [1.165, 1.54) is 11.3 Å². The van der Waals surface area contributed by atoms with Crippen molar-refractivity contribution in [2.24, 2.45) is 0 Å². The number of amides is 2. The largest absolute Gasteiger partial charge is 0.339 e. The van der Waals surface area contributed by atoms with Gasteiger partial charge in [-0.05, 0) is 29.1 Å². The second kappa shape index (κ2) is 7.55. The molecule has 0 aliphatic carbocycles. The molecule has 1 aromatic heterocycles. The highest BCUT2D eigenvalue weighted by molar-refractivity contribution is 7.12. The molecular weight excluding hydrogens is 367 g/mol. The van der Waals surface area contributed by atoms with Crippen molar-refractivity contribution in [3.8, 4) is 0 Å². The Morgan fingerprint density at radius 3 is 2.38 bits per heavy atom. The monoisotopic (exact) mass is 382 g/mol. The van der Waals surface area contributed by atoms with Gasteiger partial charge in [0.25, 0.3) is 5.91 Å². The van der Waals surface area contributed by atoms with E-state index >= 15 is 0 Å². The van der Waals surface area contributed by atoms with E-state index in [0.29, 0.717) is 36.2 Å². The molecule has 0 atom stereocenters. The first kappa shape index (κ1) is 17.3. The number of hydrogen-bond donors (Lipinski definition) is 0. The third-order valence-electron chi connectivity index (χ3n) is 4.01. The molecule has 0 bridgehead atoms. The van der Waals surface area contributed by atoms with Crippen molar-refractivity contribution in [1.29, 1.82) is 0 Å². The summed E-state index contributed by atoms with van der Waals surface area (Å²) >= 11 is 13.4. The van der Waals surface area contributed by atoms with Crippen LogP contribution in [0.2, 0.25) is 10.0 Å². The van der Waals surface area contributed by atoms with Crippen molar-refractivity contribution in [2.45, 2.75) is 6.42 Å². The molecule has 2 heterocycles. The predicted molar refractivity (Wildman–Crippen MR) is 97.0 cm³/mol. The van der Waals surface area contributed by atoms with E-state index in [2.05, 4.69) is 0 Å². The van der Waals surface area contributed by atoms with Gasteiger partial charge in [0, 0.05) is 36.2 Å². The molecule has 0 unspecified atom stereocenters. The first-order valence-electron chi connectivity index (χ1n) is 7.59. The van der Waals surface area contributed by atoms with Gasteiger partial charge in [-0.25, -0.2) is 0 Å². The fourth-order valence-electron chi connectivity index (χ4n) is 2.65. The molecule has 2 amide bonds. The smallest absolute Gasteiger partial charge is 0.264 e. The molecule has 0 radical (unpaired) electrons. The van der Waals surface area contributed by atoms with E-state index < -0.39 is 0 Å². The Bertz CT molecular complexity index is 741. The fourth-order valence-corrected chi connectivity index (χ4v) is 3.82. The van der Waals surface area contributed by atoms with Crippen LogP contribution in [0.1, 0.15) is 15.2 Å². The molecule has 1 saturated heterocycles. The molecule has 1 fully saturated rings.